The van der Waals surface area contributed by atoms with E-state index < -0.39 is 9.84 Å². The lowest BCUT2D eigenvalue weighted by atomic mass is 10.2. The largest absolute Gasteiger partial charge is 0.357 e. The van der Waals surface area contributed by atoms with Crippen LogP contribution in [-0.2, 0) is 9.84 Å². The molecule has 2 atom stereocenters. The van der Waals surface area contributed by atoms with Gasteiger partial charge in [0.05, 0.1) is 23.6 Å². The number of likely N-dealkylation sites (N-methyl/N-ethyl adjacent to an activating group) is 1. The number of nitrogens with one attached hydrogen (secondary N) is 1. The van der Waals surface area contributed by atoms with E-state index in [1.807, 2.05) is 11.8 Å². The zero-order valence-corrected chi connectivity index (χ0v) is 8.99. The Morgan fingerprint density at radius 2 is 2.31 bits per heavy atom. The van der Waals surface area contributed by atoms with Crippen molar-refractivity contribution in [3.8, 4) is 0 Å². The van der Waals surface area contributed by atoms with Crippen LogP contribution in [0.5, 0.6) is 0 Å². The van der Waals surface area contributed by atoms with Gasteiger partial charge in [-0.1, -0.05) is 0 Å². The van der Waals surface area contributed by atoms with Crippen molar-refractivity contribution in [1.82, 2.24) is 10.2 Å². The molecule has 0 amide bonds. The Labute approximate surface area is 83.2 Å². The highest BCUT2D eigenvalue weighted by atomic mass is 32.2. The van der Waals surface area contributed by atoms with Gasteiger partial charge in [0.25, 0.3) is 0 Å². The summed E-state index contributed by atoms with van der Waals surface area (Å²) in [7, 11) is -2.84. The first-order valence-corrected chi connectivity index (χ1v) is 6.54. The van der Waals surface area contributed by atoms with Gasteiger partial charge in [-0.25, -0.2) is 8.42 Å². The van der Waals surface area contributed by atoms with Crippen LogP contribution in [0.2, 0.25) is 0 Å². The fourth-order valence-corrected chi connectivity index (χ4v) is 4.38. The number of hydrogen-bond donors (Lipinski definition) is 1. The molecule has 2 rings (SSSR count). The van der Waals surface area contributed by atoms with Crippen molar-refractivity contribution < 1.29 is 8.42 Å². The maximum Gasteiger partial charge on any atom is 0.169 e. The van der Waals surface area contributed by atoms with Crippen LogP contribution in [0.15, 0.2) is 0 Å². The van der Waals surface area contributed by atoms with Crippen LogP contribution in [0.4, 0.5) is 0 Å². The van der Waals surface area contributed by atoms with E-state index in [1.165, 1.54) is 0 Å². The summed E-state index contributed by atoms with van der Waals surface area (Å²) in [5.41, 5.74) is 0. The molecule has 1 N–H and O–H groups in total. The van der Waals surface area contributed by atoms with Crippen LogP contribution in [-0.4, -0.2) is 48.6 Å². The Morgan fingerprint density at radius 3 is 2.92 bits per heavy atom. The molecular weight excluding hydrogens is 208 g/mol. The van der Waals surface area contributed by atoms with Crippen molar-refractivity contribution in [3.63, 3.8) is 0 Å². The molecule has 0 saturated carbocycles. The zero-order chi connectivity index (χ0) is 9.64. The molecule has 2 aliphatic rings. The molecule has 0 radical (unpaired) electrons. The third-order valence-corrected chi connectivity index (χ3v) is 4.70. The average molecular weight is 220 g/mol. The lowest BCUT2D eigenvalue weighted by Crippen LogP contribution is -2.36. The average Bonchev–Trinajstić information content (AvgIpc) is 2.39. The monoisotopic (exact) mass is 220 g/mol. The number of hydrogen-bond acceptors (Lipinski definition) is 3. The quantitative estimate of drug-likeness (QED) is 0.596. The summed E-state index contributed by atoms with van der Waals surface area (Å²) in [4.78, 5) is 1.96. The molecule has 2 aliphatic heterocycles. The number of thiocarbonyl (C=S) groups is 1. The third-order valence-electron chi connectivity index (χ3n) is 2.63. The van der Waals surface area contributed by atoms with Gasteiger partial charge in [-0.3, -0.25) is 0 Å². The first-order valence-electron chi connectivity index (χ1n) is 4.31. The first-order chi connectivity index (χ1) is 6.03. The summed E-state index contributed by atoms with van der Waals surface area (Å²) in [6.07, 6.45) is 0. The molecule has 0 spiro atoms. The molecule has 0 aromatic heterocycles. The third kappa shape index (κ3) is 1.42. The van der Waals surface area contributed by atoms with Gasteiger partial charge < -0.3 is 10.2 Å². The molecular formula is C7H12N2O2S2. The van der Waals surface area contributed by atoms with E-state index >= 15 is 0 Å². The Morgan fingerprint density at radius 1 is 1.62 bits per heavy atom. The first kappa shape index (κ1) is 9.21. The summed E-state index contributed by atoms with van der Waals surface area (Å²) >= 11 is 5.09. The Balaban J connectivity index is 2.24. The predicted molar refractivity (Wildman–Crippen MR) is 54.3 cm³/mol. The topological polar surface area (TPSA) is 49.4 Å². The van der Waals surface area contributed by atoms with E-state index in [9.17, 15) is 8.42 Å². The maximum absolute atomic E-state index is 11.3. The van der Waals surface area contributed by atoms with Gasteiger partial charge in [0.1, 0.15) is 0 Å². The van der Waals surface area contributed by atoms with Gasteiger partial charge in [0, 0.05) is 6.54 Å². The summed E-state index contributed by atoms with van der Waals surface area (Å²) in [6.45, 7) is 2.77. The zero-order valence-electron chi connectivity index (χ0n) is 7.36. The van der Waals surface area contributed by atoms with Crippen molar-refractivity contribution >= 4 is 27.2 Å². The van der Waals surface area contributed by atoms with Crippen molar-refractivity contribution in [3.05, 3.63) is 0 Å². The molecule has 0 aromatic rings. The Kier molecular flexibility index (Phi) is 1.99. The van der Waals surface area contributed by atoms with E-state index in [0.29, 0.717) is 5.11 Å². The van der Waals surface area contributed by atoms with Crippen LogP contribution < -0.4 is 5.32 Å². The number of fused-ring (bicyclic) bond motifs is 1. The summed E-state index contributed by atoms with van der Waals surface area (Å²) < 4.78 is 22.6. The Bertz CT molecular complexity index is 338. The minimum Gasteiger partial charge on any atom is -0.357 e. The molecule has 6 heteroatoms. The van der Waals surface area contributed by atoms with Crippen LogP contribution in [0.1, 0.15) is 6.92 Å². The van der Waals surface area contributed by atoms with Gasteiger partial charge in [-0.2, -0.15) is 0 Å². The van der Waals surface area contributed by atoms with Crippen molar-refractivity contribution in [2.24, 2.45) is 0 Å². The number of sulfone groups is 1. The van der Waals surface area contributed by atoms with Crippen molar-refractivity contribution in [2.75, 3.05) is 18.1 Å². The molecule has 0 unspecified atom stereocenters. The smallest absolute Gasteiger partial charge is 0.169 e. The second-order valence-electron chi connectivity index (χ2n) is 3.49. The number of nitrogens with zero attached hydrogens (tertiary/aromatic N) is 1. The number of rotatable bonds is 1. The molecule has 13 heavy (non-hydrogen) atoms. The molecule has 2 heterocycles. The highest BCUT2D eigenvalue weighted by molar-refractivity contribution is 7.91. The molecule has 4 nitrogen and oxygen atoms in total. The highest BCUT2D eigenvalue weighted by Gasteiger charge is 2.46. The molecule has 0 bridgehead atoms. The van der Waals surface area contributed by atoms with E-state index in [0.717, 1.165) is 6.54 Å². The van der Waals surface area contributed by atoms with Crippen LogP contribution in [0.3, 0.4) is 0 Å². The summed E-state index contributed by atoms with van der Waals surface area (Å²) in [5.74, 6) is 0.479. The van der Waals surface area contributed by atoms with Gasteiger partial charge in [0.2, 0.25) is 0 Å². The van der Waals surface area contributed by atoms with Gasteiger partial charge in [-0.15, -0.1) is 0 Å². The predicted octanol–water partition coefficient (Wildman–Crippen LogP) is -0.638. The van der Waals surface area contributed by atoms with Gasteiger partial charge >= 0.3 is 0 Å². The minimum atomic E-state index is -2.84. The van der Waals surface area contributed by atoms with Gasteiger partial charge in [0.15, 0.2) is 14.9 Å². The molecule has 0 aromatic carbocycles. The normalized spacial score (nSPS) is 36.1. The standard InChI is InChI=1S/C7H12N2O2S2/c1-2-9-6-4-13(10,11)3-5(6)8-7(9)12/h5-6H,2-4H2,1H3,(H,8,12)/t5-,6-/m1/s1. The highest BCUT2D eigenvalue weighted by Crippen LogP contribution is 2.23. The summed E-state index contributed by atoms with van der Waals surface area (Å²) in [6, 6.07) is 0.0972. The molecule has 0 aliphatic carbocycles. The van der Waals surface area contributed by atoms with E-state index in [4.69, 9.17) is 12.2 Å². The van der Waals surface area contributed by atoms with Crippen LogP contribution in [0.25, 0.3) is 0 Å². The Hall–Kier alpha value is -0.360. The fraction of sp³-hybridized carbons (Fsp3) is 0.857. The molecule has 74 valence electrons. The van der Waals surface area contributed by atoms with Crippen LogP contribution >= 0.6 is 12.2 Å². The fourth-order valence-electron chi connectivity index (χ4n) is 2.04. The molecule has 2 saturated heterocycles. The van der Waals surface area contributed by atoms with Gasteiger partial charge in [-0.05, 0) is 19.1 Å². The lowest BCUT2D eigenvalue weighted by Gasteiger charge is -2.20. The minimum absolute atomic E-state index is 0.0254. The van der Waals surface area contributed by atoms with Crippen LogP contribution in [0, 0.1) is 0 Å². The molecule has 2 fully saturated rings. The maximum atomic E-state index is 11.3. The SMILES string of the molecule is CCN1C(=S)N[C@@H]2CS(=O)(=O)C[C@H]21. The van der Waals surface area contributed by atoms with Crippen molar-refractivity contribution in [1.29, 1.82) is 0 Å². The van der Waals surface area contributed by atoms with Crippen molar-refractivity contribution in [2.45, 2.75) is 19.0 Å². The summed E-state index contributed by atoms with van der Waals surface area (Å²) in [5, 5.41) is 3.75. The van der Waals surface area contributed by atoms with E-state index in [1.54, 1.807) is 0 Å². The second-order valence-corrected chi connectivity index (χ2v) is 6.03. The second kappa shape index (κ2) is 2.81. The van der Waals surface area contributed by atoms with E-state index in [2.05, 4.69) is 5.32 Å². The lowest BCUT2D eigenvalue weighted by molar-refractivity contribution is 0.371. The van der Waals surface area contributed by atoms with E-state index in [-0.39, 0.29) is 23.6 Å².